The SMILES string of the molecule is CC1CN(C(=O)c2ccc(-c3cc(-c4ccc(F)cc4)c4oc(CN)cc4c3)c(F)c2)C1. The second-order valence-electron chi connectivity index (χ2n) is 8.38. The van der Waals surface area contributed by atoms with Gasteiger partial charge in [0.05, 0.1) is 6.54 Å². The number of benzene rings is 3. The molecule has 162 valence electrons. The topological polar surface area (TPSA) is 59.5 Å². The molecule has 1 saturated heterocycles. The van der Waals surface area contributed by atoms with E-state index in [1.54, 1.807) is 29.2 Å². The summed E-state index contributed by atoms with van der Waals surface area (Å²) in [6, 6.07) is 16.1. The fourth-order valence-electron chi connectivity index (χ4n) is 4.24. The third-order valence-electron chi connectivity index (χ3n) is 5.90. The van der Waals surface area contributed by atoms with Crippen LogP contribution in [-0.4, -0.2) is 23.9 Å². The first-order valence-corrected chi connectivity index (χ1v) is 10.5. The van der Waals surface area contributed by atoms with Gasteiger partial charge in [-0.05, 0) is 59.5 Å². The highest BCUT2D eigenvalue weighted by atomic mass is 19.1. The van der Waals surface area contributed by atoms with E-state index < -0.39 is 5.82 Å². The third kappa shape index (κ3) is 3.56. The Hall–Kier alpha value is -3.51. The van der Waals surface area contributed by atoms with Gasteiger partial charge in [-0.15, -0.1) is 0 Å². The third-order valence-corrected chi connectivity index (χ3v) is 5.90. The minimum absolute atomic E-state index is 0.154. The maximum atomic E-state index is 15.2. The number of carbonyl (C=O) groups excluding carboxylic acids is 1. The zero-order valence-electron chi connectivity index (χ0n) is 17.6. The van der Waals surface area contributed by atoms with Crippen LogP contribution in [0, 0.1) is 17.6 Å². The van der Waals surface area contributed by atoms with E-state index in [4.69, 9.17) is 10.2 Å². The van der Waals surface area contributed by atoms with Gasteiger partial charge in [0.2, 0.25) is 0 Å². The van der Waals surface area contributed by atoms with Crippen molar-refractivity contribution >= 4 is 16.9 Å². The van der Waals surface area contributed by atoms with Crippen molar-refractivity contribution in [3.8, 4) is 22.3 Å². The molecule has 2 N–H and O–H groups in total. The van der Waals surface area contributed by atoms with Gasteiger partial charge >= 0.3 is 0 Å². The van der Waals surface area contributed by atoms with E-state index in [0.717, 1.165) is 10.9 Å². The summed E-state index contributed by atoms with van der Waals surface area (Å²) in [5.74, 6) is 0.111. The molecule has 0 spiro atoms. The number of nitrogens with zero attached hydrogens (tertiary/aromatic N) is 1. The number of halogens is 2. The lowest BCUT2D eigenvalue weighted by atomic mass is 9.95. The van der Waals surface area contributed by atoms with Crippen molar-refractivity contribution in [2.24, 2.45) is 11.7 Å². The van der Waals surface area contributed by atoms with Gasteiger partial charge in [0.1, 0.15) is 23.0 Å². The van der Waals surface area contributed by atoms with E-state index in [1.807, 2.05) is 18.2 Å². The standard InChI is InChI=1S/C26H22F2N2O2/c1-15-13-30(14-15)26(31)17-4-7-22(24(28)11-17)18-8-19-9-21(12-29)32-25(19)23(10-18)16-2-5-20(27)6-3-16/h2-11,15H,12-14,29H2,1H3. The summed E-state index contributed by atoms with van der Waals surface area (Å²) in [6.07, 6.45) is 0. The van der Waals surface area contributed by atoms with E-state index in [9.17, 15) is 9.18 Å². The molecule has 1 aliphatic rings. The number of amides is 1. The number of fused-ring (bicyclic) bond motifs is 1. The Balaban J connectivity index is 1.59. The van der Waals surface area contributed by atoms with Gasteiger partial charge in [-0.25, -0.2) is 8.78 Å². The van der Waals surface area contributed by atoms with Gasteiger partial charge in [-0.1, -0.05) is 25.1 Å². The number of rotatable bonds is 4. The van der Waals surface area contributed by atoms with Crippen molar-refractivity contribution in [2.75, 3.05) is 13.1 Å². The Morgan fingerprint density at radius 2 is 1.75 bits per heavy atom. The van der Waals surface area contributed by atoms with Crippen molar-refractivity contribution in [2.45, 2.75) is 13.5 Å². The molecule has 5 rings (SSSR count). The molecule has 4 aromatic rings. The lowest BCUT2D eigenvalue weighted by molar-refractivity contribution is 0.0530. The zero-order chi connectivity index (χ0) is 22.4. The largest absolute Gasteiger partial charge is 0.459 e. The maximum Gasteiger partial charge on any atom is 0.253 e. The molecule has 32 heavy (non-hydrogen) atoms. The molecule has 0 atom stereocenters. The fourth-order valence-corrected chi connectivity index (χ4v) is 4.24. The average Bonchev–Trinajstić information content (AvgIpc) is 3.20. The van der Waals surface area contributed by atoms with Crippen LogP contribution < -0.4 is 5.73 Å². The van der Waals surface area contributed by atoms with Crippen LogP contribution in [0.5, 0.6) is 0 Å². The smallest absolute Gasteiger partial charge is 0.253 e. The molecule has 1 amide bonds. The van der Waals surface area contributed by atoms with Gasteiger partial charge in [0.25, 0.3) is 5.91 Å². The number of likely N-dealkylation sites (tertiary alicyclic amines) is 1. The summed E-state index contributed by atoms with van der Waals surface area (Å²) in [4.78, 5) is 14.3. The Morgan fingerprint density at radius 3 is 2.41 bits per heavy atom. The van der Waals surface area contributed by atoms with Gasteiger partial charge in [0, 0.05) is 35.2 Å². The summed E-state index contributed by atoms with van der Waals surface area (Å²) < 4.78 is 34.5. The quantitative estimate of drug-likeness (QED) is 0.457. The molecule has 0 unspecified atom stereocenters. The maximum absolute atomic E-state index is 15.2. The molecule has 0 aliphatic carbocycles. The first-order valence-electron chi connectivity index (χ1n) is 10.5. The van der Waals surface area contributed by atoms with Crippen LogP contribution in [0.2, 0.25) is 0 Å². The molecule has 4 nitrogen and oxygen atoms in total. The summed E-state index contributed by atoms with van der Waals surface area (Å²) in [6.45, 7) is 3.70. The van der Waals surface area contributed by atoms with Crippen molar-refractivity contribution < 1.29 is 18.0 Å². The molecule has 3 aromatic carbocycles. The molecule has 1 fully saturated rings. The number of carbonyl (C=O) groups is 1. The van der Waals surface area contributed by atoms with Crippen LogP contribution in [0.25, 0.3) is 33.2 Å². The van der Waals surface area contributed by atoms with Crippen molar-refractivity contribution in [3.05, 3.63) is 83.6 Å². The first-order chi connectivity index (χ1) is 15.4. The minimum atomic E-state index is -0.476. The molecule has 0 bridgehead atoms. The van der Waals surface area contributed by atoms with E-state index >= 15 is 4.39 Å². The molecule has 6 heteroatoms. The molecular formula is C26H22F2N2O2. The van der Waals surface area contributed by atoms with Crippen molar-refractivity contribution in [3.63, 3.8) is 0 Å². The predicted octanol–water partition coefficient (Wildman–Crippen LogP) is 5.60. The number of nitrogens with two attached hydrogens (primary N) is 1. The van der Waals surface area contributed by atoms with Crippen LogP contribution in [0.1, 0.15) is 23.0 Å². The Morgan fingerprint density at radius 1 is 1.00 bits per heavy atom. The highest BCUT2D eigenvalue weighted by Crippen LogP contribution is 2.37. The fraction of sp³-hybridized carbons (Fsp3) is 0.192. The molecule has 0 radical (unpaired) electrons. The molecule has 0 saturated carbocycles. The molecular weight excluding hydrogens is 410 g/mol. The van der Waals surface area contributed by atoms with E-state index in [-0.39, 0.29) is 18.3 Å². The summed E-state index contributed by atoms with van der Waals surface area (Å²) >= 11 is 0. The van der Waals surface area contributed by atoms with Crippen LogP contribution in [0.4, 0.5) is 8.78 Å². The minimum Gasteiger partial charge on any atom is -0.459 e. The van der Waals surface area contributed by atoms with Crippen LogP contribution in [0.15, 0.2) is 65.1 Å². The lowest BCUT2D eigenvalue weighted by Gasteiger charge is -2.37. The summed E-state index contributed by atoms with van der Waals surface area (Å²) in [5.41, 5.74) is 9.17. The van der Waals surface area contributed by atoms with E-state index in [1.165, 1.54) is 18.2 Å². The molecule has 1 aromatic heterocycles. The van der Waals surface area contributed by atoms with Crippen LogP contribution >= 0.6 is 0 Å². The average molecular weight is 432 g/mol. The van der Waals surface area contributed by atoms with Gasteiger partial charge in [-0.2, -0.15) is 0 Å². The molecule has 2 heterocycles. The Bertz CT molecular complexity index is 1320. The second kappa shape index (κ2) is 7.88. The van der Waals surface area contributed by atoms with Crippen molar-refractivity contribution in [1.29, 1.82) is 0 Å². The Kier molecular flexibility index (Phi) is 5.02. The van der Waals surface area contributed by atoms with Crippen LogP contribution in [0.3, 0.4) is 0 Å². The zero-order valence-corrected chi connectivity index (χ0v) is 17.6. The van der Waals surface area contributed by atoms with Gasteiger partial charge in [-0.3, -0.25) is 4.79 Å². The monoisotopic (exact) mass is 432 g/mol. The number of hydrogen-bond acceptors (Lipinski definition) is 3. The van der Waals surface area contributed by atoms with Crippen LogP contribution in [-0.2, 0) is 6.54 Å². The lowest BCUT2D eigenvalue weighted by Crippen LogP contribution is -2.48. The van der Waals surface area contributed by atoms with Gasteiger partial charge < -0.3 is 15.1 Å². The number of hydrogen-bond donors (Lipinski definition) is 1. The van der Waals surface area contributed by atoms with E-state index in [0.29, 0.717) is 52.6 Å². The normalized spacial score (nSPS) is 14.1. The van der Waals surface area contributed by atoms with Gasteiger partial charge in [0.15, 0.2) is 0 Å². The number of furan rings is 1. The Labute approximate surface area is 184 Å². The highest BCUT2D eigenvalue weighted by molar-refractivity contribution is 5.98. The van der Waals surface area contributed by atoms with Crippen molar-refractivity contribution in [1.82, 2.24) is 4.90 Å². The molecule has 1 aliphatic heterocycles. The highest BCUT2D eigenvalue weighted by Gasteiger charge is 2.28. The predicted molar refractivity (Wildman–Crippen MR) is 120 cm³/mol. The summed E-state index contributed by atoms with van der Waals surface area (Å²) in [5, 5.41) is 0.774. The van der Waals surface area contributed by atoms with E-state index in [2.05, 4.69) is 6.92 Å². The first kappa shape index (κ1) is 20.4. The summed E-state index contributed by atoms with van der Waals surface area (Å²) in [7, 11) is 0. The second-order valence-corrected chi connectivity index (χ2v) is 8.38.